The van der Waals surface area contributed by atoms with Crippen molar-refractivity contribution in [2.24, 2.45) is 5.41 Å². The van der Waals surface area contributed by atoms with Crippen molar-refractivity contribution in [2.45, 2.75) is 67.5 Å². The Bertz CT molecular complexity index is 1420. The van der Waals surface area contributed by atoms with Crippen LogP contribution in [-0.2, 0) is 10.0 Å². The zero-order valence-electron chi connectivity index (χ0n) is 18.4. The van der Waals surface area contributed by atoms with Crippen molar-refractivity contribution < 1.29 is 26.4 Å². The maximum atomic E-state index is 13.0. The van der Waals surface area contributed by atoms with Crippen molar-refractivity contribution in [3.05, 3.63) is 46.1 Å². The number of halogens is 3. The number of alkyl halides is 2. The van der Waals surface area contributed by atoms with E-state index in [1.54, 1.807) is 11.3 Å². The van der Waals surface area contributed by atoms with Crippen LogP contribution in [0.4, 0.5) is 8.78 Å². The Kier molecular flexibility index (Phi) is 5.30. The first kappa shape index (κ1) is 23.3. The molecule has 2 N–H and O–H groups in total. The smallest absolute Gasteiger partial charge is 0.287 e. The normalized spacial score (nSPS) is 27.9. The molecule has 12 heteroatoms. The van der Waals surface area contributed by atoms with Gasteiger partial charge in [-0.05, 0) is 61.4 Å². The van der Waals surface area contributed by atoms with Gasteiger partial charge in [0.2, 0.25) is 5.09 Å². The molecule has 0 bridgehead atoms. The van der Waals surface area contributed by atoms with Crippen LogP contribution in [0.1, 0.15) is 60.0 Å². The highest BCUT2D eigenvalue weighted by atomic mass is 35.5. The number of nitrogens with one attached hydrogen (secondary N) is 2. The van der Waals surface area contributed by atoms with Crippen LogP contribution >= 0.6 is 22.9 Å². The molecule has 3 aliphatic rings. The number of carbonyl (C=O) groups excluding carboxylic acids is 1. The van der Waals surface area contributed by atoms with E-state index in [0.29, 0.717) is 10.9 Å². The Balaban J connectivity index is 1.00. The fourth-order valence-corrected chi connectivity index (χ4v) is 7.92. The summed E-state index contributed by atoms with van der Waals surface area (Å²) in [5.74, 6) is -3.03. The second-order valence-electron chi connectivity index (χ2n) is 10.0. The molecule has 0 atom stereocenters. The second kappa shape index (κ2) is 7.96. The topological polar surface area (TPSA) is 101 Å². The Morgan fingerprint density at radius 3 is 2.54 bits per heavy atom. The lowest BCUT2D eigenvalue weighted by molar-refractivity contribution is -0.0877. The Morgan fingerprint density at radius 1 is 1.09 bits per heavy atom. The number of fused-ring (bicyclic) bond motifs is 1. The van der Waals surface area contributed by atoms with Gasteiger partial charge in [-0.2, -0.15) is 0 Å². The van der Waals surface area contributed by atoms with E-state index in [0.717, 1.165) is 47.0 Å². The van der Waals surface area contributed by atoms with Gasteiger partial charge in [0.1, 0.15) is 0 Å². The summed E-state index contributed by atoms with van der Waals surface area (Å²) in [6.07, 6.45) is 2.68. The number of rotatable bonds is 6. The molecule has 2 aromatic heterocycles. The van der Waals surface area contributed by atoms with Crippen molar-refractivity contribution in [3.8, 4) is 0 Å². The third-order valence-corrected chi connectivity index (χ3v) is 10.1. The third-order valence-electron chi connectivity index (χ3n) is 7.25. The number of nitrogens with zero attached hydrogens (tertiary/aromatic N) is 1. The fourth-order valence-electron chi connectivity index (χ4n) is 5.54. The average Bonchev–Trinajstić information content (AvgIpc) is 3.34. The highest BCUT2D eigenvalue weighted by molar-refractivity contribution is 7.89. The number of sulfonamides is 1. The number of amides is 1. The molecule has 0 aliphatic heterocycles. The molecule has 0 radical (unpaired) electrons. The van der Waals surface area contributed by atoms with Crippen LogP contribution in [0.2, 0.25) is 5.02 Å². The van der Waals surface area contributed by atoms with Crippen LogP contribution in [0, 0.1) is 5.41 Å². The van der Waals surface area contributed by atoms with Crippen LogP contribution in [-0.4, -0.2) is 37.3 Å². The van der Waals surface area contributed by atoms with Crippen LogP contribution in [0.5, 0.6) is 0 Å². The molecular formula is C23H22ClF2N3O4S2. The monoisotopic (exact) mass is 541 g/mol. The molecule has 6 rings (SSSR count). The van der Waals surface area contributed by atoms with Crippen LogP contribution < -0.4 is 10.0 Å². The van der Waals surface area contributed by atoms with Crippen molar-refractivity contribution in [1.29, 1.82) is 0 Å². The van der Waals surface area contributed by atoms with Gasteiger partial charge in [-0.15, -0.1) is 11.3 Å². The van der Waals surface area contributed by atoms with Crippen molar-refractivity contribution in [2.75, 3.05) is 0 Å². The van der Waals surface area contributed by atoms with Crippen LogP contribution in [0.15, 0.2) is 39.8 Å². The Hall–Kier alpha value is -2.08. The van der Waals surface area contributed by atoms with Gasteiger partial charge in [0.15, 0.2) is 5.76 Å². The summed E-state index contributed by atoms with van der Waals surface area (Å²) in [6.45, 7) is 0. The summed E-state index contributed by atoms with van der Waals surface area (Å²) in [5, 5.41) is 4.25. The van der Waals surface area contributed by atoms with E-state index < -0.39 is 45.8 Å². The number of aromatic nitrogens is 1. The molecule has 7 nitrogen and oxygen atoms in total. The Morgan fingerprint density at radius 2 is 1.83 bits per heavy atom. The minimum atomic E-state index is -4.10. The summed E-state index contributed by atoms with van der Waals surface area (Å²) in [7, 11) is -4.10. The molecule has 3 aliphatic carbocycles. The molecule has 35 heavy (non-hydrogen) atoms. The predicted molar refractivity (Wildman–Crippen MR) is 127 cm³/mol. The summed E-state index contributed by atoms with van der Waals surface area (Å²) in [6, 6.07) is 7.36. The molecule has 0 saturated heterocycles. The maximum absolute atomic E-state index is 13.0. The lowest BCUT2D eigenvalue weighted by atomic mass is 9.50. The number of carbonyl (C=O) groups is 1. The van der Waals surface area contributed by atoms with E-state index in [1.165, 1.54) is 6.07 Å². The average molecular weight is 542 g/mol. The first-order valence-corrected chi connectivity index (χ1v) is 14.0. The number of furan rings is 1. The molecule has 3 saturated carbocycles. The van der Waals surface area contributed by atoms with Crippen molar-refractivity contribution in [3.63, 3.8) is 0 Å². The van der Waals surface area contributed by atoms with Gasteiger partial charge >= 0.3 is 0 Å². The van der Waals surface area contributed by atoms with Crippen LogP contribution in [0.25, 0.3) is 10.2 Å². The van der Waals surface area contributed by atoms with E-state index in [-0.39, 0.29) is 17.2 Å². The Labute approximate surface area is 209 Å². The van der Waals surface area contributed by atoms with Crippen molar-refractivity contribution >= 4 is 49.1 Å². The minimum Gasteiger partial charge on any atom is -0.438 e. The van der Waals surface area contributed by atoms with Gasteiger partial charge in [-0.3, -0.25) is 4.79 Å². The van der Waals surface area contributed by atoms with Crippen molar-refractivity contribution in [1.82, 2.24) is 15.0 Å². The van der Waals surface area contributed by atoms with Gasteiger partial charge < -0.3 is 9.73 Å². The number of benzene rings is 1. The highest BCUT2D eigenvalue weighted by Crippen LogP contribution is 2.62. The minimum absolute atomic E-state index is 0.00175. The zero-order chi connectivity index (χ0) is 24.6. The first-order valence-electron chi connectivity index (χ1n) is 11.4. The third kappa shape index (κ3) is 4.36. The second-order valence-corrected chi connectivity index (χ2v) is 13.2. The SMILES string of the molecule is O=C(NC1CC2(C1)CC(c1nc3cc(Cl)ccc3s1)C2)c1ccc(S(=O)(=O)NC2CC(F)(F)C2)o1. The van der Waals surface area contributed by atoms with E-state index in [9.17, 15) is 22.0 Å². The molecule has 1 amide bonds. The van der Waals surface area contributed by atoms with E-state index >= 15 is 0 Å². The molecule has 1 spiro atoms. The van der Waals surface area contributed by atoms with Gasteiger partial charge in [-0.25, -0.2) is 26.9 Å². The van der Waals surface area contributed by atoms with Gasteiger partial charge in [-0.1, -0.05) is 11.6 Å². The zero-order valence-corrected chi connectivity index (χ0v) is 20.8. The lowest BCUT2D eigenvalue weighted by Gasteiger charge is -2.57. The molecule has 1 aromatic carbocycles. The molecule has 186 valence electrons. The first-order chi connectivity index (χ1) is 16.5. The lowest BCUT2D eigenvalue weighted by Crippen LogP contribution is -2.55. The van der Waals surface area contributed by atoms with E-state index in [2.05, 4.69) is 10.0 Å². The highest BCUT2D eigenvalue weighted by Gasteiger charge is 2.54. The molecule has 3 aromatic rings. The largest absolute Gasteiger partial charge is 0.438 e. The summed E-state index contributed by atoms with van der Waals surface area (Å²) < 4.78 is 59.2. The fraction of sp³-hybridized carbons (Fsp3) is 0.478. The number of hydrogen-bond donors (Lipinski definition) is 2. The van der Waals surface area contributed by atoms with Gasteiger partial charge in [0.05, 0.1) is 15.2 Å². The molecule has 0 unspecified atom stereocenters. The predicted octanol–water partition coefficient (Wildman–Crippen LogP) is 5.07. The maximum Gasteiger partial charge on any atom is 0.287 e. The summed E-state index contributed by atoms with van der Waals surface area (Å²) >= 11 is 7.76. The van der Waals surface area contributed by atoms with E-state index in [1.807, 2.05) is 18.2 Å². The molecular weight excluding hydrogens is 520 g/mol. The number of thiazole rings is 1. The quantitative estimate of drug-likeness (QED) is 0.453. The number of hydrogen-bond acceptors (Lipinski definition) is 6. The standard InChI is InChI=1S/C23H22ClF2N3O4S2/c24-13-1-3-18-16(5-13)28-21(34-18)12-6-22(7-12)8-14(9-22)27-20(30)17-2-4-19(33-17)35(31,32)29-15-10-23(25,26)11-15/h1-5,12,14-15,29H,6-11H2,(H,27,30). The summed E-state index contributed by atoms with van der Waals surface area (Å²) in [5.41, 5.74) is 1.14. The molecule has 2 heterocycles. The van der Waals surface area contributed by atoms with Crippen LogP contribution in [0.3, 0.4) is 0 Å². The van der Waals surface area contributed by atoms with Gasteiger partial charge in [0.25, 0.3) is 21.9 Å². The summed E-state index contributed by atoms with van der Waals surface area (Å²) in [4.78, 5) is 17.3. The van der Waals surface area contributed by atoms with E-state index in [4.69, 9.17) is 21.0 Å². The van der Waals surface area contributed by atoms with Gasteiger partial charge in [0, 0.05) is 35.9 Å². The molecule has 3 fully saturated rings.